The van der Waals surface area contributed by atoms with Crippen LogP contribution in [0, 0.1) is 5.82 Å². The van der Waals surface area contributed by atoms with Crippen molar-refractivity contribution in [3.8, 4) is 5.75 Å². The smallest absolute Gasteiger partial charge is 0.170 e. The molecule has 2 heterocycles. The highest BCUT2D eigenvalue weighted by atomic mass is 19.1. The molecular formula is C23H28FN3O2. The molecule has 0 spiro atoms. The van der Waals surface area contributed by atoms with Gasteiger partial charge in [0.05, 0.1) is 18.0 Å². The first-order valence-corrected chi connectivity index (χ1v) is 10.3. The van der Waals surface area contributed by atoms with E-state index in [1.54, 1.807) is 6.07 Å². The minimum Gasteiger partial charge on any atom is -0.491 e. The summed E-state index contributed by atoms with van der Waals surface area (Å²) in [6, 6.07) is 10.9. The van der Waals surface area contributed by atoms with E-state index < -0.39 is 0 Å². The molecule has 29 heavy (non-hydrogen) atoms. The second-order valence-corrected chi connectivity index (χ2v) is 7.84. The predicted octanol–water partition coefficient (Wildman–Crippen LogP) is 5.21. The Balaban J connectivity index is 1.53. The third-order valence-corrected chi connectivity index (χ3v) is 5.57. The summed E-state index contributed by atoms with van der Waals surface area (Å²) in [6.07, 6.45) is 2.94. The van der Waals surface area contributed by atoms with Gasteiger partial charge < -0.3 is 19.1 Å². The number of hydrogen-bond donors (Lipinski definition) is 0. The fourth-order valence-corrected chi connectivity index (χ4v) is 4.16. The molecule has 1 aliphatic heterocycles. The van der Waals surface area contributed by atoms with E-state index in [2.05, 4.69) is 48.1 Å². The average molecular weight is 397 g/mol. The summed E-state index contributed by atoms with van der Waals surface area (Å²) in [6.45, 7) is 4.69. The monoisotopic (exact) mass is 397 g/mol. The van der Waals surface area contributed by atoms with Gasteiger partial charge in [-0.2, -0.15) is 0 Å². The SMILES string of the molecule is CCCOc1cccc(N2CCC(c3noc4cc(F)ccc34)CC2)c1N(C)C. The first-order valence-electron chi connectivity index (χ1n) is 10.3. The van der Waals surface area contributed by atoms with Crippen molar-refractivity contribution in [2.24, 2.45) is 0 Å². The fourth-order valence-electron chi connectivity index (χ4n) is 4.16. The molecule has 1 aromatic heterocycles. The van der Waals surface area contributed by atoms with E-state index in [4.69, 9.17) is 9.26 Å². The van der Waals surface area contributed by atoms with Gasteiger partial charge in [0, 0.05) is 44.6 Å². The Bertz CT molecular complexity index is 977. The van der Waals surface area contributed by atoms with Crippen LogP contribution in [0.3, 0.4) is 0 Å². The van der Waals surface area contributed by atoms with Crippen LogP contribution in [0.5, 0.6) is 5.75 Å². The van der Waals surface area contributed by atoms with Gasteiger partial charge in [-0.05, 0) is 43.5 Å². The van der Waals surface area contributed by atoms with Crippen LogP contribution in [-0.2, 0) is 0 Å². The molecule has 0 bridgehead atoms. The molecule has 0 atom stereocenters. The molecule has 3 aromatic rings. The molecule has 1 fully saturated rings. The summed E-state index contributed by atoms with van der Waals surface area (Å²) in [5.74, 6) is 0.956. The lowest BCUT2D eigenvalue weighted by Gasteiger charge is -2.35. The van der Waals surface area contributed by atoms with Gasteiger partial charge in [-0.3, -0.25) is 0 Å². The molecule has 0 aliphatic carbocycles. The van der Waals surface area contributed by atoms with Crippen LogP contribution in [0.4, 0.5) is 15.8 Å². The number of nitrogens with zero attached hydrogens (tertiary/aromatic N) is 3. The van der Waals surface area contributed by atoms with Crippen molar-refractivity contribution in [1.29, 1.82) is 0 Å². The third kappa shape index (κ3) is 3.88. The number of benzene rings is 2. The molecular weight excluding hydrogens is 369 g/mol. The van der Waals surface area contributed by atoms with Gasteiger partial charge in [-0.25, -0.2) is 4.39 Å². The van der Waals surface area contributed by atoms with Crippen LogP contribution in [0.2, 0.25) is 0 Å². The average Bonchev–Trinajstić information content (AvgIpc) is 3.14. The van der Waals surface area contributed by atoms with Gasteiger partial charge in [-0.1, -0.05) is 18.1 Å². The Morgan fingerprint density at radius 2 is 2.00 bits per heavy atom. The Hall–Kier alpha value is -2.76. The summed E-state index contributed by atoms with van der Waals surface area (Å²) in [4.78, 5) is 4.55. The number of ether oxygens (including phenoxy) is 1. The van der Waals surface area contributed by atoms with Crippen LogP contribution >= 0.6 is 0 Å². The quantitative estimate of drug-likeness (QED) is 0.571. The van der Waals surface area contributed by atoms with Gasteiger partial charge in [0.25, 0.3) is 0 Å². The molecule has 1 saturated heterocycles. The minimum absolute atomic E-state index is 0.295. The topological polar surface area (TPSA) is 41.7 Å². The molecule has 0 radical (unpaired) electrons. The maximum Gasteiger partial charge on any atom is 0.170 e. The van der Waals surface area contributed by atoms with Crippen molar-refractivity contribution in [2.45, 2.75) is 32.1 Å². The molecule has 0 amide bonds. The van der Waals surface area contributed by atoms with Gasteiger partial charge >= 0.3 is 0 Å². The highest BCUT2D eigenvalue weighted by Gasteiger charge is 2.27. The van der Waals surface area contributed by atoms with Crippen molar-refractivity contribution >= 4 is 22.3 Å². The molecule has 0 N–H and O–H groups in total. The first kappa shape index (κ1) is 19.6. The molecule has 4 rings (SSSR count). The molecule has 6 heteroatoms. The van der Waals surface area contributed by atoms with Crippen molar-refractivity contribution in [1.82, 2.24) is 5.16 Å². The fraction of sp³-hybridized carbons (Fsp3) is 0.435. The van der Waals surface area contributed by atoms with Gasteiger partial charge in [0.1, 0.15) is 17.3 Å². The van der Waals surface area contributed by atoms with Crippen LogP contribution in [0.1, 0.15) is 37.8 Å². The highest BCUT2D eigenvalue weighted by Crippen LogP contribution is 2.40. The number of hydrogen-bond acceptors (Lipinski definition) is 5. The number of para-hydroxylation sites is 1. The largest absolute Gasteiger partial charge is 0.491 e. The number of piperidine rings is 1. The summed E-state index contributed by atoms with van der Waals surface area (Å²) < 4.78 is 24.8. The van der Waals surface area contributed by atoms with Crippen molar-refractivity contribution in [3.63, 3.8) is 0 Å². The molecule has 5 nitrogen and oxygen atoms in total. The minimum atomic E-state index is -0.295. The van der Waals surface area contributed by atoms with E-state index in [-0.39, 0.29) is 5.82 Å². The molecule has 0 unspecified atom stereocenters. The Labute approximate surface area is 171 Å². The van der Waals surface area contributed by atoms with E-state index in [1.165, 1.54) is 17.8 Å². The zero-order valence-corrected chi connectivity index (χ0v) is 17.3. The summed E-state index contributed by atoms with van der Waals surface area (Å²) in [7, 11) is 4.12. The number of anilines is 2. The molecule has 0 saturated carbocycles. The van der Waals surface area contributed by atoms with Crippen molar-refractivity contribution < 1.29 is 13.7 Å². The summed E-state index contributed by atoms with van der Waals surface area (Å²) >= 11 is 0. The lowest BCUT2D eigenvalue weighted by molar-refractivity contribution is 0.318. The van der Waals surface area contributed by atoms with E-state index >= 15 is 0 Å². The van der Waals surface area contributed by atoms with Gasteiger partial charge in [0.15, 0.2) is 5.58 Å². The van der Waals surface area contributed by atoms with E-state index in [1.807, 2.05) is 6.07 Å². The number of halogens is 1. The maximum absolute atomic E-state index is 13.4. The Morgan fingerprint density at radius 1 is 1.21 bits per heavy atom. The Kier molecular flexibility index (Phi) is 5.60. The first-order chi connectivity index (χ1) is 14.1. The molecule has 1 aliphatic rings. The van der Waals surface area contributed by atoms with Crippen LogP contribution < -0.4 is 14.5 Å². The van der Waals surface area contributed by atoms with Crippen molar-refractivity contribution in [2.75, 3.05) is 43.6 Å². The zero-order valence-electron chi connectivity index (χ0n) is 17.3. The van der Waals surface area contributed by atoms with E-state index in [9.17, 15) is 4.39 Å². The Morgan fingerprint density at radius 3 is 2.72 bits per heavy atom. The number of fused-ring (bicyclic) bond motifs is 1. The third-order valence-electron chi connectivity index (χ3n) is 5.57. The highest BCUT2D eigenvalue weighted by molar-refractivity contribution is 5.80. The number of rotatable bonds is 6. The number of aromatic nitrogens is 1. The standard InChI is InChI=1S/C23H28FN3O2/c1-4-14-28-20-7-5-6-19(23(20)26(2)3)27-12-10-16(11-13-27)22-18-9-8-17(24)15-21(18)29-25-22/h5-9,15-16H,4,10-14H2,1-3H3. The lowest BCUT2D eigenvalue weighted by Crippen LogP contribution is -2.34. The summed E-state index contributed by atoms with van der Waals surface area (Å²) in [5.41, 5.74) is 3.81. The van der Waals surface area contributed by atoms with Gasteiger partial charge in [-0.15, -0.1) is 0 Å². The predicted molar refractivity (Wildman–Crippen MR) is 115 cm³/mol. The zero-order chi connectivity index (χ0) is 20.4. The summed E-state index contributed by atoms with van der Waals surface area (Å²) in [5, 5.41) is 5.19. The normalized spacial score (nSPS) is 15.1. The second-order valence-electron chi connectivity index (χ2n) is 7.84. The molecule has 154 valence electrons. The maximum atomic E-state index is 13.4. The second kappa shape index (κ2) is 8.31. The lowest BCUT2D eigenvalue weighted by atomic mass is 9.91. The van der Waals surface area contributed by atoms with Crippen LogP contribution in [0.25, 0.3) is 11.0 Å². The van der Waals surface area contributed by atoms with Crippen LogP contribution in [0.15, 0.2) is 40.9 Å². The molecule has 2 aromatic carbocycles. The van der Waals surface area contributed by atoms with E-state index in [0.717, 1.165) is 54.9 Å². The van der Waals surface area contributed by atoms with Crippen molar-refractivity contribution in [3.05, 3.63) is 47.9 Å². The van der Waals surface area contributed by atoms with Crippen LogP contribution in [-0.4, -0.2) is 38.9 Å². The van der Waals surface area contributed by atoms with E-state index in [0.29, 0.717) is 18.1 Å². The van der Waals surface area contributed by atoms with Gasteiger partial charge in [0.2, 0.25) is 0 Å².